The highest BCUT2D eigenvalue weighted by atomic mass is 16.3. The van der Waals surface area contributed by atoms with Gasteiger partial charge in [0.25, 0.3) is 0 Å². The molecule has 4 heteroatoms. The van der Waals surface area contributed by atoms with Gasteiger partial charge in [-0.1, -0.05) is 357 Å². The summed E-state index contributed by atoms with van der Waals surface area (Å²) in [4.78, 5) is 12.5. The van der Waals surface area contributed by atoms with Crippen molar-refractivity contribution in [2.75, 3.05) is 6.61 Å². The summed E-state index contributed by atoms with van der Waals surface area (Å²) < 4.78 is 0. The van der Waals surface area contributed by atoms with E-state index in [0.717, 1.165) is 57.8 Å². The van der Waals surface area contributed by atoms with Crippen LogP contribution in [-0.2, 0) is 4.79 Å². The molecular weight excluding hydrogens is 903 g/mol. The third kappa shape index (κ3) is 60.9. The number of hydrogen-bond donors (Lipinski definition) is 3. The SMILES string of the molecule is CC/C=C\C/C=C\C/C=C\C/C=C\C/C=C\CCCCCCCCCCCCCCCCCCCCCCCCCC(=O)NC(CO)C(O)CCCCCCCCCCCCCCCCCCCCCCCCC. The summed E-state index contributed by atoms with van der Waals surface area (Å²) in [6.07, 6.45) is 92.6. The molecule has 434 valence electrons. The number of carbonyl (C=O) groups is 1. The van der Waals surface area contributed by atoms with Gasteiger partial charge in [0.1, 0.15) is 0 Å². The van der Waals surface area contributed by atoms with Crippen LogP contribution in [0.3, 0.4) is 0 Å². The summed E-state index contributed by atoms with van der Waals surface area (Å²) in [5, 5.41) is 23.4. The summed E-state index contributed by atoms with van der Waals surface area (Å²) in [5.41, 5.74) is 0. The van der Waals surface area contributed by atoms with Crippen LogP contribution in [0.1, 0.15) is 361 Å². The second-order valence-corrected chi connectivity index (χ2v) is 22.9. The van der Waals surface area contributed by atoms with Crippen LogP contribution in [-0.4, -0.2) is 34.9 Å². The Balaban J connectivity index is 3.40. The number of aliphatic hydroxyl groups is 2. The Hall–Kier alpha value is -1.91. The molecule has 0 rings (SSSR count). The summed E-state index contributed by atoms with van der Waals surface area (Å²) in [5.74, 6) is -0.0241. The minimum atomic E-state index is -0.660. The van der Waals surface area contributed by atoms with Crippen molar-refractivity contribution in [3.05, 3.63) is 60.8 Å². The minimum absolute atomic E-state index is 0.0241. The van der Waals surface area contributed by atoms with Gasteiger partial charge in [0.05, 0.1) is 18.8 Å². The van der Waals surface area contributed by atoms with E-state index in [0.29, 0.717) is 12.8 Å². The average Bonchev–Trinajstić information content (AvgIpc) is 3.40. The molecule has 4 nitrogen and oxygen atoms in total. The van der Waals surface area contributed by atoms with Crippen LogP contribution in [0, 0.1) is 0 Å². The quantitative estimate of drug-likeness (QED) is 0.0420. The smallest absolute Gasteiger partial charge is 0.220 e. The molecule has 0 saturated carbocycles. The largest absolute Gasteiger partial charge is 0.394 e. The number of hydrogen-bond acceptors (Lipinski definition) is 3. The lowest BCUT2D eigenvalue weighted by molar-refractivity contribution is -0.123. The summed E-state index contributed by atoms with van der Waals surface area (Å²) in [7, 11) is 0. The Kier molecular flexibility index (Phi) is 63.7. The molecule has 3 N–H and O–H groups in total. The topological polar surface area (TPSA) is 69.6 Å². The normalized spacial score (nSPS) is 13.1. The van der Waals surface area contributed by atoms with Gasteiger partial charge in [-0.3, -0.25) is 4.79 Å². The third-order valence-electron chi connectivity index (χ3n) is 15.5. The number of unbranched alkanes of at least 4 members (excludes halogenated alkanes) is 45. The van der Waals surface area contributed by atoms with Gasteiger partial charge in [0, 0.05) is 6.42 Å². The van der Waals surface area contributed by atoms with E-state index in [1.165, 1.54) is 276 Å². The van der Waals surface area contributed by atoms with Crippen LogP contribution in [0.25, 0.3) is 0 Å². The lowest BCUT2D eigenvalue weighted by Crippen LogP contribution is -2.45. The van der Waals surface area contributed by atoms with Crippen molar-refractivity contribution < 1.29 is 15.0 Å². The molecule has 0 spiro atoms. The van der Waals surface area contributed by atoms with Crippen LogP contribution in [0.4, 0.5) is 0 Å². The Morgan fingerprint density at radius 1 is 0.338 bits per heavy atom. The predicted octanol–water partition coefficient (Wildman–Crippen LogP) is 22.7. The molecule has 0 aromatic rings. The summed E-state index contributed by atoms with van der Waals surface area (Å²) >= 11 is 0. The van der Waals surface area contributed by atoms with Crippen molar-refractivity contribution >= 4 is 5.91 Å². The van der Waals surface area contributed by atoms with E-state index in [2.05, 4.69) is 79.9 Å². The van der Waals surface area contributed by atoms with Crippen molar-refractivity contribution in [1.82, 2.24) is 5.32 Å². The average molecular weight is 1030 g/mol. The van der Waals surface area contributed by atoms with Crippen LogP contribution in [0.15, 0.2) is 60.8 Å². The van der Waals surface area contributed by atoms with Gasteiger partial charge in [-0.15, -0.1) is 0 Å². The number of rotatable bonds is 62. The standard InChI is InChI=1S/C70H131NO3/c1-3-5-7-9-11-13-15-17-19-21-23-25-27-28-29-30-31-32-33-34-35-36-37-38-39-40-41-42-44-46-48-50-52-54-56-58-60-62-64-66-70(74)71-68(67-72)69(73)65-63-61-59-57-55-53-51-49-47-45-43-26-24-22-20-18-16-14-12-10-8-6-4-2/h5,7,11,13,17,19,23,25,28-29,68-69,72-73H,3-4,6,8-10,12,14-16,18,20-22,24,26-27,30-67H2,1-2H3,(H,71,74)/b7-5-,13-11-,19-17-,25-23-,29-28-. The van der Waals surface area contributed by atoms with Crippen molar-refractivity contribution in [3.8, 4) is 0 Å². The van der Waals surface area contributed by atoms with Gasteiger partial charge in [-0.05, 0) is 57.8 Å². The maximum absolute atomic E-state index is 12.5. The van der Waals surface area contributed by atoms with Crippen molar-refractivity contribution in [3.63, 3.8) is 0 Å². The molecule has 0 heterocycles. The lowest BCUT2D eigenvalue weighted by Gasteiger charge is -2.22. The number of nitrogens with one attached hydrogen (secondary N) is 1. The zero-order valence-electron chi connectivity index (χ0n) is 50.1. The third-order valence-corrected chi connectivity index (χ3v) is 15.5. The first kappa shape index (κ1) is 72.1. The van der Waals surface area contributed by atoms with E-state index in [9.17, 15) is 15.0 Å². The molecule has 0 aliphatic rings. The summed E-state index contributed by atoms with van der Waals surface area (Å²) in [6, 6.07) is -0.537. The Morgan fingerprint density at radius 3 is 0.892 bits per heavy atom. The van der Waals surface area contributed by atoms with Crippen LogP contribution in [0.2, 0.25) is 0 Å². The molecule has 2 atom stereocenters. The Labute approximate surface area is 464 Å². The van der Waals surface area contributed by atoms with Crippen LogP contribution in [0.5, 0.6) is 0 Å². The number of aliphatic hydroxyl groups excluding tert-OH is 2. The molecule has 0 saturated heterocycles. The number of amides is 1. The minimum Gasteiger partial charge on any atom is -0.394 e. The maximum Gasteiger partial charge on any atom is 0.220 e. The van der Waals surface area contributed by atoms with E-state index in [4.69, 9.17) is 0 Å². The fourth-order valence-electron chi connectivity index (χ4n) is 10.5. The first-order valence-corrected chi connectivity index (χ1v) is 33.5. The van der Waals surface area contributed by atoms with Crippen LogP contribution >= 0.6 is 0 Å². The van der Waals surface area contributed by atoms with Gasteiger partial charge in [0.2, 0.25) is 5.91 Å². The molecule has 1 amide bonds. The highest BCUT2D eigenvalue weighted by Crippen LogP contribution is 2.19. The molecular formula is C70H131NO3. The summed E-state index contributed by atoms with van der Waals surface area (Å²) in [6.45, 7) is 4.28. The van der Waals surface area contributed by atoms with Gasteiger partial charge in [-0.2, -0.15) is 0 Å². The van der Waals surface area contributed by atoms with Gasteiger partial charge in [-0.25, -0.2) is 0 Å². The predicted molar refractivity (Wildman–Crippen MR) is 331 cm³/mol. The van der Waals surface area contributed by atoms with Crippen molar-refractivity contribution in [1.29, 1.82) is 0 Å². The van der Waals surface area contributed by atoms with Gasteiger partial charge >= 0.3 is 0 Å². The van der Waals surface area contributed by atoms with E-state index in [-0.39, 0.29) is 12.5 Å². The number of carbonyl (C=O) groups excluding carboxylic acids is 1. The molecule has 0 aliphatic heterocycles. The molecule has 0 aliphatic carbocycles. The van der Waals surface area contributed by atoms with E-state index < -0.39 is 12.1 Å². The first-order valence-electron chi connectivity index (χ1n) is 33.5. The molecule has 0 bridgehead atoms. The maximum atomic E-state index is 12.5. The number of allylic oxidation sites excluding steroid dienone is 10. The van der Waals surface area contributed by atoms with Crippen molar-refractivity contribution in [2.45, 2.75) is 373 Å². The zero-order chi connectivity index (χ0) is 53.4. The highest BCUT2D eigenvalue weighted by molar-refractivity contribution is 5.76. The molecule has 2 unspecified atom stereocenters. The Bertz CT molecular complexity index is 1220. The first-order chi connectivity index (χ1) is 36.7. The highest BCUT2D eigenvalue weighted by Gasteiger charge is 2.20. The van der Waals surface area contributed by atoms with Gasteiger partial charge in [0.15, 0.2) is 0 Å². The molecule has 74 heavy (non-hydrogen) atoms. The second kappa shape index (κ2) is 65.4. The second-order valence-electron chi connectivity index (χ2n) is 22.9. The molecule has 0 radical (unpaired) electrons. The lowest BCUT2D eigenvalue weighted by atomic mass is 10.0. The fraction of sp³-hybridized carbons (Fsp3) is 0.843. The molecule has 0 aromatic carbocycles. The van der Waals surface area contributed by atoms with E-state index in [1.807, 2.05) is 0 Å². The molecule has 0 aromatic heterocycles. The van der Waals surface area contributed by atoms with Crippen molar-refractivity contribution in [2.24, 2.45) is 0 Å². The van der Waals surface area contributed by atoms with E-state index in [1.54, 1.807) is 0 Å². The molecule has 0 fully saturated rings. The zero-order valence-corrected chi connectivity index (χ0v) is 50.1. The van der Waals surface area contributed by atoms with Crippen LogP contribution < -0.4 is 5.32 Å². The van der Waals surface area contributed by atoms with E-state index >= 15 is 0 Å². The monoisotopic (exact) mass is 1030 g/mol. The van der Waals surface area contributed by atoms with Gasteiger partial charge < -0.3 is 15.5 Å². The fourth-order valence-corrected chi connectivity index (χ4v) is 10.5. The Morgan fingerprint density at radius 2 is 0.595 bits per heavy atom.